The normalized spacial score (nSPS) is 10.2. The van der Waals surface area contributed by atoms with Gasteiger partial charge in [0, 0.05) is 12.6 Å². The maximum absolute atomic E-state index is 12.9. The summed E-state index contributed by atoms with van der Waals surface area (Å²) in [6.45, 7) is -0.0940. The Morgan fingerprint density at radius 2 is 1.84 bits per heavy atom. The number of rotatable bonds is 6. The van der Waals surface area contributed by atoms with E-state index in [9.17, 15) is 19.7 Å². The van der Waals surface area contributed by atoms with Crippen LogP contribution in [-0.2, 0) is 16.1 Å². The van der Waals surface area contributed by atoms with E-state index in [1.54, 1.807) is 0 Å². The molecule has 0 heterocycles. The molecule has 1 amide bonds. The van der Waals surface area contributed by atoms with E-state index in [4.69, 9.17) is 0 Å². The molecule has 0 aromatic heterocycles. The lowest BCUT2D eigenvalue weighted by Crippen LogP contribution is -2.36. The van der Waals surface area contributed by atoms with Gasteiger partial charge in [-0.1, -0.05) is 36.4 Å². The van der Waals surface area contributed by atoms with Gasteiger partial charge in [-0.3, -0.25) is 19.7 Å². The molecule has 0 aliphatic heterocycles. The molecule has 130 valence electrons. The highest BCUT2D eigenvalue weighted by Gasteiger charge is 2.25. The number of hydrogen-bond acceptors (Lipinski definition) is 5. The number of carbonyl (C=O) groups excluding carboxylic acids is 2. The Bertz CT molecular complexity index is 795. The molecular weight excluding hydrogens is 392 g/mol. The van der Waals surface area contributed by atoms with Gasteiger partial charge < -0.3 is 9.64 Å². The first-order valence-electron chi connectivity index (χ1n) is 7.27. The number of esters is 1. The zero-order chi connectivity index (χ0) is 18.4. The lowest BCUT2D eigenvalue weighted by Gasteiger charge is -2.22. The summed E-state index contributed by atoms with van der Waals surface area (Å²) >= 11 is 3.11. The molecule has 2 aromatic carbocycles. The van der Waals surface area contributed by atoms with Gasteiger partial charge in [0.1, 0.15) is 11.0 Å². The van der Waals surface area contributed by atoms with Crippen LogP contribution in [0.5, 0.6) is 0 Å². The SMILES string of the molecule is COC(=O)CN(Cc1ccccc1)C(=O)c1cccc([N+](=O)[O-])c1Br. The summed E-state index contributed by atoms with van der Waals surface area (Å²) < 4.78 is 4.72. The van der Waals surface area contributed by atoms with Crippen LogP contribution in [0.15, 0.2) is 53.0 Å². The van der Waals surface area contributed by atoms with Crippen LogP contribution in [0.3, 0.4) is 0 Å². The van der Waals surface area contributed by atoms with Crippen molar-refractivity contribution in [3.8, 4) is 0 Å². The predicted octanol–water partition coefficient (Wildman–Crippen LogP) is 3.17. The van der Waals surface area contributed by atoms with Gasteiger partial charge in [0.05, 0.1) is 17.6 Å². The van der Waals surface area contributed by atoms with Crippen molar-refractivity contribution >= 4 is 33.5 Å². The average Bonchev–Trinajstić information content (AvgIpc) is 2.61. The van der Waals surface area contributed by atoms with E-state index in [0.717, 1.165) is 5.56 Å². The number of benzene rings is 2. The van der Waals surface area contributed by atoms with Crippen molar-refractivity contribution < 1.29 is 19.2 Å². The number of hydrogen-bond donors (Lipinski definition) is 0. The molecule has 0 saturated carbocycles. The van der Waals surface area contributed by atoms with E-state index in [1.165, 1.54) is 30.2 Å². The summed E-state index contributed by atoms with van der Waals surface area (Å²) in [7, 11) is 1.23. The molecule has 0 atom stereocenters. The Kier molecular flexibility index (Phi) is 6.24. The highest BCUT2D eigenvalue weighted by atomic mass is 79.9. The number of nitro groups is 1. The van der Waals surface area contributed by atoms with E-state index >= 15 is 0 Å². The molecule has 0 fully saturated rings. The average molecular weight is 407 g/mol. The molecule has 25 heavy (non-hydrogen) atoms. The minimum Gasteiger partial charge on any atom is -0.468 e. The number of methoxy groups -OCH3 is 1. The van der Waals surface area contributed by atoms with Gasteiger partial charge in [-0.05, 0) is 27.6 Å². The van der Waals surface area contributed by atoms with Crippen molar-refractivity contribution in [3.63, 3.8) is 0 Å². The molecule has 2 rings (SSSR count). The molecule has 0 radical (unpaired) electrons. The molecule has 0 unspecified atom stereocenters. The molecule has 0 aliphatic rings. The minimum atomic E-state index is -0.581. The fraction of sp³-hybridized carbons (Fsp3) is 0.176. The Morgan fingerprint density at radius 1 is 1.16 bits per heavy atom. The van der Waals surface area contributed by atoms with Gasteiger partial charge in [0.25, 0.3) is 11.6 Å². The van der Waals surface area contributed by atoms with E-state index in [2.05, 4.69) is 20.7 Å². The van der Waals surface area contributed by atoms with Crippen molar-refractivity contribution in [3.05, 3.63) is 74.2 Å². The van der Waals surface area contributed by atoms with Crippen molar-refractivity contribution in [2.24, 2.45) is 0 Å². The minimum absolute atomic E-state index is 0.0768. The van der Waals surface area contributed by atoms with Crippen molar-refractivity contribution in [1.82, 2.24) is 4.90 Å². The maximum atomic E-state index is 12.9. The fourth-order valence-electron chi connectivity index (χ4n) is 2.22. The first kappa shape index (κ1) is 18.6. The molecule has 0 bridgehead atoms. The third-order valence-corrected chi connectivity index (χ3v) is 4.29. The topological polar surface area (TPSA) is 89.8 Å². The standard InChI is InChI=1S/C17H15BrN2O5/c1-25-15(21)11-19(10-12-6-3-2-4-7-12)17(22)13-8-5-9-14(16(13)18)20(23)24/h2-9H,10-11H2,1H3. The lowest BCUT2D eigenvalue weighted by atomic mass is 10.1. The second-order valence-corrected chi connectivity index (χ2v) is 5.91. The van der Waals surface area contributed by atoms with E-state index in [1.807, 2.05) is 30.3 Å². The van der Waals surface area contributed by atoms with Gasteiger partial charge in [0.2, 0.25) is 0 Å². The van der Waals surface area contributed by atoms with Crippen LogP contribution in [0.4, 0.5) is 5.69 Å². The van der Waals surface area contributed by atoms with E-state index < -0.39 is 16.8 Å². The number of ether oxygens (including phenoxy) is 1. The van der Waals surface area contributed by atoms with Crippen molar-refractivity contribution in [1.29, 1.82) is 0 Å². The second-order valence-electron chi connectivity index (χ2n) is 5.12. The van der Waals surface area contributed by atoms with Crippen molar-refractivity contribution in [2.75, 3.05) is 13.7 Å². The van der Waals surface area contributed by atoms with Crippen LogP contribution < -0.4 is 0 Å². The summed E-state index contributed by atoms with van der Waals surface area (Å²) in [5.41, 5.74) is 0.707. The summed E-state index contributed by atoms with van der Waals surface area (Å²) in [5, 5.41) is 11.1. The number of amides is 1. The molecule has 8 heteroatoms. The highest BCUT2D eigenvalue weighted by molar-refractivity contribution is 9.10. The summed E-state index contributed by atoms with van der Waals surface area (Å²) in [6.07, 6.45) is 0. The summed E-state index contributed by atoms with van der Waals surface area (Å²) in [4.78, 5) is 36.3. The number of halogens is 1. The van der Waals surface area contributed by atoms with Gasteiger partial charge in [-0.2, -0.15) is 0 Å². The van der Waals surface area contributed by atoms with Crippen LogP contribution in [0.1, 0.15) is 15.9 Å². The fourth-order valence-corrected chi connectivity index (χ4v) is 2.80. The smallest absolute Gasteiger partial charge is 0.325 e. The van der Waals surface area contributed by atoms with E-state index in [-0.39, 0.29) is 28.8 Å². The molecule has 0 saturated heterocycles. The maximum Gasteiger partial charge on any atom is 0.325 e. The lowest BCUT2D eigenvalue weighted by molar-refractivity contribution is -0.385. The number of nitro benzene ring substituents is 1. The van der Waals surface area contributed by atoms with Crippen LogP contribution in [-0.4, -0.2) is 35.4 Å². The summed E-state index contributed by atoms with van der Waals surface area (Å²) in [6, 6.07) is 13.3. The third kappa shape index (κ3) is 4.63. The first-order chi connectivity index (χ1) is 11.9. The number of nitrogens with zero attached hydrogens (tertiary/aromatic N) is 2. The Morgan fingerprint density at radius 3 is 2.44 bits per heavy atom. The molecule has 0 spiro atoms. The highest BCUT2D eigenvalue weighted by Crippen LogP contribution is 2.29. The van der Waals surface area contributed by atoms with Crippen LogP contribution in [0.2, 0.25) is 0 Å². The second kappa shape index (κ2) is 8.39. The molecule has 0 N–H and O–H groups in total. The number of carbonyl (C=O) groups is 2. The molecule has 2 aromatic rings. The van der Waals surface area contributed by atoms with Crippen LogP contribution in [0, 0.1) is 10.1 Å². The quantitative estimate of drug-likeness (QED) is 0.417. The molecule has 7 nitrogen and oxygen atoms in total. The monoisotopic (exact) mass is 406 g/mol. The first-order valence-corrected chi connectivity index (χ1v) is 8.06. The largest absolute Gasteiger partial charge is 0.468 e. The third-order valence-electron chi connectivity index (χ3n) is 3.46. The van der Waals surface area contributed by atoms with Gasteiger partial charge in [-0.15, -0.1) is 0 Å². The molecule has 0 aliphatic carbocycles. The van der Waals surface area contributed by atoms with Gasteiger partial charge >= 0.3 is 5.97 Å². The van der Waals surface area contributed by atoms with Crippen LogP contribution in [0.25, 0.3) is 0 Å². The van der Waals surface area contributed by atoms with Gasteiger partial charge in [-0.25, -0.2) is 0 Å². The van der Waals surface area contributed by atoms with Gasteiger partial charge in [0.15, 0.2) is 0 Å². The molecular formula is C17H15BrN2O5. The Balaban J connectivity index is 2.36. The predicted molar refractivity (Wildman–Crippen MR) is 94.0 cm³/mol. The Hall–Kier alpha value is -2.74. The van der Waals surface area contributed by atoms with E-state index in [0.29, 0.717) is 0 Å². The van der Waals surface area contributed by atoms with Crippen molar-refractivity contribution in [2.45, 2.75) is 6.54 Å². The summed E-state index contributed by atoms with van der Waals surface area (Å²) in [5.74, 6) is -1.09. The zero-order valence-corrected chi connectivity index (χ0v) is 14.9. The Labute approximate surface area is 152 Å². The zero-order valence-electron chi connectivity index (χ0n) is 13.3. The van der Waals surface area contributed by atoms with Crippen LogP contribution >= 0.6 is 15.9 Å².